The second-order valence-electron chi connectivity index (χ2n) is 3.65. The number of carbonyl (C=O) groups is 1. The number of rotatable bonds is 3. The highest BCUT2D eigenvalue weighted by Gasteiger charge is 2.18. The summed E-state index contributed by atoms with van der Waals surface area (Å²) in [6, 6.07) is 0. The molecule has 1 fully saturated rings. The smallest absolute Gasteiger partial charge is 0.158 e. The summed E-state index contributed by atoms with van der Waals surface area (Å²) >= 11 is 0. The van der Waals surface area contributed by atoms with Gasteiger partial charge in [0.2, 0.25) is 0 Å². The minimum Gasteiger partial charge on any atom is -0.368 e. The van der Waals surface area contributed by atoms with Gasteiger partial charge in [-0.15, -0.1) is 0 Å². The monoisotopic (exact) mass is 170 g/mol. The largest absolute Gasteiger partial charge is 0.368 e. The Morgan fingerprint density at radius 2 is 1.92 bits per heavy atom. The van der Waals surface area contributed by atoms with Crippen molar-refractivity contribution in [2.75, 3.05) is 0 Å². The molecule has 0 bridgehead atoms. The predicted molar refractivity (Wildman–Crippen MR) is 48.1 cm³/mol. The zero-order valence-corrected chi connectivity index (χ0v) is 8.01. The number of hydrogen-bond acceptors (Lipinski definition) is 2. The number of Topliss-reactive ketones (excluding diaryl/α,β-unsaturated/α-hetero) is 1. The second-order valence-corrected chi connectivity index (χ2v) is 3.65. The van der Waals surface area contributed by atoms with Crippen LogP contribution in [0.25, 0.3) is 0 Å². The SMILES string of the molecule is CC(=O)C(C)OC1CCCCC1. The highest BCUT2D eigenvalue weighted by molar-refractivity contribution is 5.79. The molecular weight excluding hydrogens is 152 g/mol. The van der Waals surface area contributed by atoms with E-state index < -0.39 is 0 Å². The number of ketones is 1. The summed E-state index contributed by atoms with van der Waals surface area (Å²) < 4.78 is 5.60. The van der Waals surface area contributed by atoms with Crippen molar-refractivity contribution in [3.63, 3.8) is 0 Å². The number of carbonyl (C=O) groups excluding carboxylic acids is 1. The van der Waals surface area contributed by atoms with Crippen molar-refractivity contribution < 1.29 is 9.53 Å². The second kappa shape index (κ2) is 4.61. The fraction of sp³-hybridized carbons (Fsp3) is 0.900. The molecule has 0 aromatic heterocycles. The van der Waals surface area contributed by atoms with Gasteiger partial charge < -0.3 is 4.74 Å². The Hall–Kier alpha value is -0.370. The van der Waals surface area contributed by atoms with E-state index in [2.05, 4.69) is 0 Å². The molecule has 1 unspecified atom stereocenters. The van der Waals surface area contributed by atoms with Crippen LogP contribution in [-0.2, 0) is 9.53 Å². The molecule has 1 saturated carbocycles. The van der Waals surface area contributed by atoms with Crippen LogP contribution in [0.2, 0.25) is 0 Å². The van der Waals surface area contributed by atoms with Crippen LogP contribution in [0.1, 0.15) is 46.0 Å². The summed E-state index contributed by atoms with van der Waals surface area (Å²) in [5.74, 6) is 0.139. The van der Waals surface area contributed by atoms with Crippen LogP contribution < -0.4 is 0 Å². The number of ether oxygens (including phenoxy) is 1. The Kier molecular flexibility index (Phi) is 3.73. The van der Waals surface area contributed by atoms with E-state index in [1.807, 2.05) is 6.92 Å². The third-order valence-electron chi connectivity index (χ3n) is 2.52. The van der Waals surface area contributed by atoms with Gasteiger partial charge in [0.1, 0.15) is 6.10 Å². The van der Waals surface area contributed by atoms with Crippen molar-refractivity contribution in [2.24, 2.45) is 0 Å². The zero-order chi connectivity index (χ0) is 8.97. The molecule has 0 amide bonds. The van der Waals surface area contributed by atoms with Gasteiger partial charge in [0.05, 0.1) is 6.10 Å². The molecule has 1 rings (SSSR count). The van der Waals surface area contributed by atoms with Crippen molar-refractivity contribution in [3.05, 3.63) is 0 Å². The van der Waals surface area contributed by atoms with Crippen LogP contribution in [0.5, 0.6) is 0 Å². The summed E-state index contributed by atoms with van der Waals surface area (Å²) in [6.07, 6.45) is 6.26. The maximum absolute atomic E-state index is 10.9. The maximum Gasteiger partial charge on any atom is 0.158 e. The van der Waals surface area contributed by atoms with Gasteiger partial charge in [-0.3, -0.25) is 4.79 Å². The summed E-state index contributed by atoms with van der Waals surface area (Å²) in [4.78, 5) is 10.9. The van der Waals surface area contributed by atoms with Gasteiger partial charge in [0.15, 0.2) is 5.78 Å². The van der Waals surface area contributed by atoms with Gasteiger partial charge in [-0.05, 0) is 26.7 Å². The van der Waals surface area contributed by atoms with E-state index >= 15 is 0 Å². The first-order chi connectivity index (χ1) is 5.70. The third-order valence-corrected chi connectivity index (χ3v) is 2.52. The quantitative estimate of drug-likeness (QED) is 0.649. The molecule has 2 nitrogen and oxygen atoms in total. The van der Waals surface area contributed by atoms with Gasteiger partial charge >= 0.3 is 0 Å². The van der Waals surface area contributed by atoms with E-state index in [0.29, 0.717) is 6.10 Å². The Bertz CT molecular complexity index is 148. The molecule has 1 aliphatic carbocycles. The van der Waals surface area contributed by atoms with E-state index in [1.54, 1.807) is 6.92 Å². The molecule has 12 heavy (non-hydrogen) atoms. The average molecular weight is 170 g/mol. The van der Waals surface area contributed by atoms with Crippen LogP contribution in [0.4, 0.5) is 0 Å². The molecule has 2 heteroatoms. The van der Waals surface area contributed by atoms with Crippen LogP contribution in [0, 0.1) is 0 Å². The molecule has 70 valence electrons. The fourth-order valence-electron chi connectivity index (χ4n) is 1.59. The van der Waals surface area contributed by atoms with Crippen molar-refractivity contribution in [1.82, 2.24) is 0 Å². The lowest BCUT2D eigenvalue weighted by molar-refractivity contribution is -0.132. The first-order valence-corrected chi connectivity index (χ1v) is 4.86. The van der Waals surface area contributed by atoms with Crippen molar-refractivity contribution in [3.8, 4) is 0 Å². The predicted octanol–water partition coefficient (Wildman–Crippen LogP) is 2.31. The molecule has 0 saturated heterocycles. The lowest BCUT2D eigenvalue weighted by Crippen LogP contribution is -2.26. The number of hydrogen-bond donors (Lipinski definition) is 0. The molecule has 0 aromatic rings. The summed E-state index contributed by atoms with van der Waals surface area (Å²) in [5, 5.41) is 0. The zero-order valence-electron chi connectivity index (χ0n) is 8.01. The molecule has 0 radical (unpaired) electrons. The Balaban J connectivity index is 2.24. The Morgan fingerprint density at radius 1 is 1.33 bits per heavy atom. The summed E-state index contributed by atoms with van der Waals surface area (Å²) in [7, 11) is 0. The van der Waals surface area contributed by atoms with Gasteiger partial charge in [-0.2, -0.15) is 0 Å². The lowest BCUT2D eigenvalue weighted by Gasteiger charge is -2.24. The van der Waals surface area contributed by atoms with Crippen LogP contribution in [0.15, 0.2) is 0 Å². The Morgan fingerprint density at radius 3 is 2.42 bits per heavy atom. The van der Waals surface area contributed by atoms with Crippen LogP contribution in [-0.4, -0.2) is 18.0 Å². The van der Waals surface area contributed by atoms with Crippen molar-refractivity contribution >= 4 is 5.78 Å². The average Bonchev–Trinajstić information content (AvgIpc) is 2.06. The molecule has 0 aliphatic heterocycles. The summed E-state index contributed by atoms with van der Waals surface area (Å²) in [6.45, 7) is 3.43. The standard InChI is InChI=1S/C10H18O2/c1-8(11)9(2)12-10-6-4-3-5-7-10/h9-10H,3-7H2,1-2H3. The molecule has 1 atom stereocenters. The highest BCUT2D eigenvalue weighted by Crippen LogP contribution is 2.21. The molecule has 0 aromatic carbocycles. The van der Waals surface area contributed by atoms with Crippen molar-refractivity contribution in [1.29, 1.82) is 0 Å². The van der Waals surface area contributed by atoms with Crippen molar-refractivity contribution in [2.45, 2.75) is 58.2 Å². The topological polar surface area (TPSA) is 26.3 Å². The van der Waals surface area contributed by atoms with Gasteiger partial charge in [-0.25, -0.2) is 0 Å². The molecule has 0 N–H and O–H groups in total. The van der Waals surface area contributed by atoms with Gasteiger partial charge in [0, 0.05) is 0 Å². The normalized spacial score (nSPS) is 22.2. The van der Waals surface area contributed by atoms with Crippen LogP contribution in [0.3, 0.4) is 0 Å². The van der Waals surface area contributed by atoms with Gasteiger partial charge in [0.25, 0.3) is 0 Å². The molecular formula is C10H18O2. The van der Waals surface area contributed by atoms with E-state index in [-0.39, 0.29) is 11.9 Å². The maximum atomic E-state index is 10.9. The minimum atomic E-state index is -0.201. The van der Waals surface area contributed by atoms with E-state index in [0.717, 1.165) is 12.8 Å². The van der Waals surface area contributed by atoms with Crippen LogP contribution >= 0.6 is 0 Å². The first kappa shape index (κ1) is 9.72. The minimum absolute atomic E-state index is 0.139. The third kappa shape index (κ3) is 2.94. The first-order valence-electron chi connectivity index (χ1n) is 4.86. The summed E-state index contributed by atoms with van der Waals surface area (Å²) in [5.41, 5.74) is 0. The fourth-order valence-corrected chi connectivity index (χ4v) is 1.59. The highest BCUT2D eigenvalue weighted by atomic mass is 16.5. The van der Waals surface area contributed by atoms with E-state index in [4.69, 9.17) is 4.74 Å². The Labute approximate surface area is 74.3 Å². The lowest BCUT2D eigenvalue weighted by atomic mass is 9.97. The molecule has 0 heterocycles. The van der Waals surface area contributed by atoms with Gasteiger partial charge in [-0.1, -0.05) is 19.3 Å². The molecule has 1 aliphatic rings. The van der Waals surface area contributed by atoms with E-state index in [9.17, 15) is 4.79 Å². The molecule has 0 spiro atoms. The van der Waals surface area contributed by atoms with E-state index in [1.165, 1.54) is 19.3 Å².